The second-order valence-corrected chi connectivity index (χ2v) is 3.48. The van der Waals surface area contributed by atoms with Gasteiger partial charge in [-0.05, 0) is 25.8 Å². The second kappa shape index (κ2) is 2.52. The number of aromatic nitrogens is 2. The van der Waals surface area contributed by atoms with Crippen molar-refractivity contribution in [2.75, 3.05) is 6.61 Å². The fourth-order valence-electron chi connectivity index (χ4n) is 1.39. The molecule has 1 N–H and O–H groups in total. The van der Waals surface area contributed by atoms with Crippen LogP contribution in [0.1, 0.15) is 24.2 Å². The van der Waals surface area contributed by atoms with Crippen LogP contribution >= 0.6 is 0 Å². The molecule has 1 saturated carbocycles. The minimum atomic E-state index is -0.0201. The van der Waals surface area contributed by atoms with Crippen LogP contribution in [0.15, 0.2) is 12.4 Å². The van der Waals surface area contributed by atoms with Gasteiger partial charge >= 0.3 is 0 Å². The first-order chi connectivity index (χ1) is 5.77. The van der Waals surface area contributed by atoms with Crippen molar-refractivity contribution in [1.82, 2.24) is 9.97 Å². The fraction of sp³-hybridized carbons (Fsp3) is 0.556. The maximum absolute atomic E-state index is 9.14. The van der Waals surface area contributed by atoms with Crippen LogP contribution in [0.25, 0.3) is 0 Å². The van der Waals surface area contributed by atoms with E-state index in [9.17, 15) is 0 Å². The first-order valence-corrected chi connectivity index (χ1v) is 4.17. The summed E-state index contributed by atoms with van der Waals surface area (Å²) in [6, 6.07) is 1.96. The molecule has 1 fully saturated rings. The lowest BCUT2D eigenvalue weighted by Gasteiger charge is -2.09. The van der Waals surface area contributed by atoms with E-state index in [0.717, 1.165) is 24.2 Å². The maximum atomic E-state index is 9.14. The Balaban J connectivity index is 2.34. The van der Waals surface area contributed by atoms with Gasteiger partial charge in [0.15, 0.2) is 0 Å². The van der Waals surface area contributed by atoms with Gasteiger partial charge in [0.25, 0.3) is 0 Å². The van der Waals surface area contributed by atoms with Gasteiger partial charge in [-0.2, -0.15) is 0 Å². The van der Waals surface area contributed by atoms with Crippen LogP contribution in [0.5, 0.6) is 0 Å². The highest BCUT2D eigenvalue weighted by Gasteiger charge is 2.45. The molecule has 0 aliphatic heterocycles. The number of nitrogens with zero attached hydrogens (tertiary/aromatic N) is 2. The van der Waals surface area contributed by atoms with E-state index in [2.05, 4.69) is 9.97 Å². The lowest BCUT2D eigenvalue weighted by Crippen LogP contribution is -2.14. The van der Waals surface area contributed by atoms with E-state index in [0.29, 0.717) is 0 Å². The molecule has 1 aliphatic carbocycles. The molecule has 0 unspecified atom stereocenters. The zero-order valence-corrected chi connectivity index (χ0v) is 7.12. The highest BCUT2D eigenvalue weighted by molar-refractivity contribution is 5.25. The molecule has 12 heavy (non-hydrogen) atoms. The Bertz CT molecular complexity index is 294. The average Bonchev–Trinajstić information content (AvgIpc) is 2.84. The minimum absolute atomic E-state index is 0.0201. The van der Waals surface area contributed by atoms with Crippen LogP contribution in [0.4, 0.5) is 0 Å². The lowest BCUT2D eigenvalue weighted by molar-refractivity contribution is 0.252. The van der Waals surface area contributed by atoms with E-state index < -0.39 is 0 Å². The summed E-state index contributed by atoms with van der Waals surface area (Å²) in [5, 5.41) is 9.14. The fourth-order valence-corrected chi connectivity index (χ4v) is 1.39. The first-order valence-electron chi connectivity index (χ1n) is 4.17. The lowest BCUT2D eigenvalue weighted by atomic mass is 10.0. The number of aryl methyl sites for hydroxylation is 1. The Morgan fingerprint density at radius 3 is 2.75 bits per heavy atom. The summed E-state index contributed by atoms with van der Waals surface area (Å²) in [7, 11) is 0. The van der Waals surface area contributed by atoms with Crippen LogP contribution in [-0.4, -0.2) is 21.7 Å². The minimum Gasteiger partial charge on any atom is -0.395 e. The topological polar surface area (TPSA) is 46.0 Å². The van der Waals surface area contributed by atoms with Crippen molar-refractivity contribution in [3.8, 4) is 0 Å². The second-order valence-electron chi connectivity index (χ2n) is 3.48. The zero-order valence-electron chi connectivity index (χ0n) is 7.12. The standard InChI is InChI=1S/C9H12N2O/c1-7-4-8(11-6-10-7)9(5-12)2-3-9/h4,6,12H,2-3,5H2,1H3. The molecule has 1 aromatic rings. The Hall–Kier alpha value is -0.960. The summed E-state index contributed by atoms with van der Waals surface area (Å²) in [4.78, 5) is 8.20. The maximum Gasteiger partial charge on any atom is 0.115 e. The third kappa shape index (κ3) is 1.10. The third-order valence-corrected chi connectivity index (χ3v) is 2.50. The summed E-state index contributed by atoms with van der Waals surface area (Å²) in [5.41, 5.74) is 1.95. The summed E-state index contributed by atoms with van der Waals surface area (Å²) in [6.07, 6.45) is 3.68. The monoisotopic (exact) mass is 164 g/mol. The largest absolute Gasteiger partial charge is 0.395 e. The molecule has 64 valence electrons. The summed E-state index contributed by atoms with van der Waals surface area (Å²) >= 11 is 0. The molecule has 1 aliphatic rings. The summed E-state index contributed by atoms with van der Waals surface area (Å²) < 4.78 is 0. The Labute approximate surface area is 71.5 Å². The van der Waals surface area contributed by atoms with Gasteiger partial charge in [0.05, 0.1) is 12.3 Å². The van der Waals surface area contributed by atoms with Crippen LogP contribution in [0, 0.1) is 6.92 Å². The molecule has 0 radical (unpaired) electrons. The predicted octanol–water partition coefficient (Wildman–Crippen LogP) is 0.809. The molecule has 0 spiro atoms. The highest BCUT2D eigenvalue weighted by atomic mass is 16.3. The van der Waals surface area contributed by atoms with Gasteiger partial charge in [0.2, 0.25) is 0 Å². The third-order valence-electron chi connectivity index (χ3n) is 2.50. The summed E-state index contributed by atoms with van der Waals surface area (Å²) in [6.45, 7) is 2.15. The van der Waals surface area contributed by atoms with Crippen molar-refractivity contribution < 1.29 is 5.11 Å². The van der Waals surface area contributed by atoms with Crippen molar-refractivity contribution in [1.29, 1.82) is 0 Å². The van der Waals surface area contributed by atoms with Crippen LogP contribution in [0.3, 0.4) is 0 Å². The first kappa shape index (κ1) is 7.68. The smallest absolute Gasteiger partial charge is 0.115 e. The molecular weight excluding hydrogens is 152 g/mol. The van der Waals surface area contributed by atoms with Gasteiger partial charge in [0.1, 0.15) is 6.33 Å². The van der Waals surface area contributed by atoms with Gasteiger partial charge in [-0.25, -0.2) is 9.97 Å². The number of hydrogen-bond acceptors (Lipinski definition) is 3. The van der Waals surface area contributed by atoms with Crippen LogP contribution < -0.4 is 0 Å². The van der Waals surface area contributed by atoms with E-state index >= 15 is 0 Å². The molecule has 0 saturated heterocycles. The Morgan fingerprint density at radius 2 is 2.25 bits per heavy atom. The molecule has 1 aromatic heterocycles. The van der Waals surface area contributed by atoms with Crippen molar-refractivity contribution in [3.05, 3.63) is 23.8 Å². The van der Waals surface area contributed by atoms with Crippen molar-refractivity contribution >= 4 is 0 Å². The van der Waals surface area contributed by atoms with Gasteiger partial charge in [0, 0.05) is 11.1 Å². The molecule has 2 rings (SSSR count). The van der Waals surface area contributed by atoms with E-state index in [1.54, 1.807) is 6.33 Å². The normalized spacial score (nSPS) is 19.2. The number of aliphatic hydroxyl groups excluding tert-OH is 1. The van der Waals surface area contributed by atoms with E-state index in [1.807, 2.05) is 13.0 Å². The van der Waals surface area contributed by atoms with Gasteiger partial charge < -0.3 is 5.11 Å². The van der Waals surface area contributed by atoms with Gasteiger partial charge in [-0.1, -0.05) is 0 Å². The van der Waals surface area contributed by atoms with Gasteiger partial charge in [-0.15, -0.1) is 0 Å². The van der Waals surface area contributed by atoms with Crippen molar-refractivity contribution in [3.63, 3.8) is 0 Å². The zero-order chi connectivity index (χ0) is 8.60. The summed E-state index contributed by atoms with van der Waals surface area (Å²) in [5.74, 6) is 0. The van der Waals surface area contributed by atoms with E-state index in [1.165, 1.54) is 0 Å². The molecule has 1 heterocycles. The van der Waals surface area contributed by atoms with Crippen molar-refractivity contribution in [2.45, 2.75) is 25.2 Å². The molecule has 0 aromatic carbocycles. The van der Waals surface area contributed by atoms with E-state index in [4.69, 9.17) is 5.11 Å². The molecule has 0 bridgehead atoms. The number of rotatable bonds is 2. The SMILES string of the molecule is Cc1cc(C2(CO)CC2)ncn1. The molecule has 0 amide bonds. The number of hydrogen-bond donors (Lipinski definition) is 1. The van der Waals surface area contributed by atoms with Crippen molar-refractivity contribution in [2.24, 2.45) is 0 Å². The predicted molar refractivity (Wildman–Crippen MR) is 44.8 cm³/mol. The van der Waals surface area contributed by atoms with Crippen LogP contribution in [0.2, 0.25) is 0 Å². The van der Waals surface area contributed by atoms with Gasteiger partial charge in [-0.3, -0.25) is 0 Å². The van der Waals surface area contributed by atoms with E-state index in [-0.39, 0.29) is 12.0 Å². The Morgan fingerprint density at radius 1 is 1.50 bits per heavy atom. The van der Waals surface area contributed by atoms with Crippen LogP contribution in [-0.2, 0) is 5.41 Å². The average molecular weight is 164 g/mol. The number of aliphatic hydroxyl groups is 1. The molecule has 3 nitrogen and oxygen atoms in total. The molecule has 0 atom stereocenters. The molecular formula is C9H12N2O. The Kier molecular flexibility index (Phi) is 1.61. The highest BCUT2D eigenvalue weighted by Crippen LogP contribution is 2.46. The molecule has 3 heteroatoms. The quantitative estimate of drug-likeness (QED) is 0.703.